The molecule has 0 aliphatic heterocycles. The summed E-state index contributed by atoms with van der Waals surface area (Å²) in [6.07, 6.45) is 2.00. The quantitative estimate of drug-likeness (QED) is 0.576. The number of hydrogen-bond donors (Lipinski definition) is 0. The van der Waals surface area contributed by atoms with Crippen LogP contribution in [0.15, 0.2) is 56.8 Å². The van der Waals surface area contributed by atoms with Crippen molar-refractivity contribution < 1.29 is 4.79 Å². The zero-order valence-electron chi connectivity index (χ0n) is 12.7. The third-order valence-corrected chi connectivity index (χ3v) is 5.73. The minimum atomic E-state index is -0.200. The average Bonchev–Trinajstić information content (AvgIpc) is 2.90. The Hall–Kier alpha value is -1.37. The van der Waals surface area contributed by atoms with Gasteiger partial charge in [-0.15, -0.1) is 11.8 Å². The van der Waals surface area contributed by atoms with Crippen LogP contribution in [-0.2, 0) is 6.54 Å². The van der Waals surface area contributed by atoms with Crippen molar-refractivity contribution in [3.63, 3.8) is 0 Å². The topological polar surface area (TPSA) is 34.4 Å². The predicted molar refractivity (Wildman–Crippen MR) is 101 cm³/mol. The van der Waals surface area contributed by atoms with Crippen LogP contribution in [0.1, 0.15) is 17.3 Å². The van der Waals surface area contributed by atoms with Gasteiger partial charge in [0.1, 0.15) is 0 Å². The maximum atomic E-state index is 12.5. The van der Waals surface area contributed by atoms with Gasteiger partial charge in [-0.1, -0.05) is 33.3 Å². The van der Waals surface area contributed by atoms with Gasteiger partial charge in [0, 0.05) is 21.5 Å². The second-order valence-corrected chi connectivity index (χ2v) is 7.69. The van der Waals surface area contributed by atoms with E-state index >= 15 is 0 Å². The van der Waals surface area contributed by atoms with Gasteiger partial charge < -0.3 is 4.57 Å². The summed E-state index contributed by atoms with van der Waals surface area (Å²) < 4.78 is 4.22. The summed E-state index contributed by atoms with van der Waals surface area (Å²) in [5.41, 5.74) is 1.73. The Morgan fingerprint density at radius 3 is 2.87 bits per heavy atom. The van der Waals surface area contributed by atoms with Crippen LogP contribution < -0.4 is 4.80 Å². The maximum Gasteiger partial charge on any atom is 0.279 e. The summed E-state index contributed by atoms with van der Waals surface area (Å²) in [6, 6.07) is 13.7. The Morgan fingerprint density at radius 1 is 1.30 bits per heavy atom. The molecule has 0 unspecified atom stereocenters. The molecule has 1 amide bonds. The van der Waals surface area contributed by atoms with E-state index in [4.69, 9.17) is 0 Å². The molecule has 0 bridgehead atoms. The van der Waals surface area contributed by atoms with Crippen LogP contribution in [-0.4, -0.2) is 16.7 Å². The van der Waals surface area contributed by atoms with Crippen molar-refractivity contribution in [1.29, 1.82) is 0 Å². The Balaban J connectivity index is 2.11. The number of aromatic nitrogens is 1. The van der Waals surface area contributed by atoms with Crippen LogP contribution in [0.25, 0.3) is 10.2 Å². The first-order valence-corrected chi connectivity index (χ1v) is 9.98. The summed E-state index contributed by atoms with van der Waals surface area (Å²) in [6.45, 7) is 2.84. The molecule has 3 rings (SSSR count). The molecule has 0 spiro atoms. The Kier molecular flexibility index (Phi) is 5.04. The lowest BCUT2D eigenvalue weighted by Gasteiger charge is -2.01. The summed E-state index contributed by atoms with van der Waals surface area (Å²) in [4.78, 5) is 18.7. The first kappa shape index (κ1) is 16.5. The molecule has 23 heavy (non-hydrogen) atoms. The Labute approximate surface area is 151 Å². The molecule has 118 valence electrons. The van der Waals surface area contributed by atoms with Crippen LogP contribution in [0, 0.1) is 0 Å². The molecular weight excluding hydrogens is 392 g/mol. The highest BCUT2D eigenvalue weighted by molar-refractivity contribution is 9.10. The van der Waals surface area contributed by atoms with Crippen molar-refractivity contribution in [1.82, 2.24) is 4.57 Å². The Morgan fingerprint density at radius 2 is 2.13 bits per heavy atom. The zero-order valence-corrected chi connectivity index (χ0v) is 16.0. The second kappa shape index (κ2) is 7.03. The summed E-state index contributed by atoms with van der Waals surface area (Å²) in [5, 5.41) is 0. The monoisotopic (exact) mass is 406 g/mol. The molecule has 0 saturated carbocycles. The standard InChI is InChI=1S/C17H15BrN2OS2/c1-3-20-14-8-7-12(18)10-15(14)23-17(20)19-16(21)11-5-4-6-13(9-11)22-2/h4-10H,3H2,1-2H3. The number of hydrogen-bond acceptors (Lipinski definition) is 3. The molecule has 3 aromatic rings. The molecular formula is C17H15BrN2OS2. The van der Waals surface area contributed by atoms with Crippen molar-refractivity contribution in [2.24, 2.45) is 4.99 Å². The fourth-order valence-corrected chi connectivity index (χ4v) is 4.45. The predicted octanol–water partition coefficient (Wildman–Crippen LogP) is 4.95. The number of amides is 1. The van der Waals surface area contributed by atoms with Gasteiger partial charge in [-0.2, -0.15) is 4.99 Å². The van der Waals surface area contributed by atoms with Crippen LogP contribution in [0.2, 0.25) is 0 Å². The van der Waals surface area contributed by atoms with Gasteiger partial charge in [-0.3, -0.25) is 4.79 Å². The van der Waals surface area contributed by atoms with E-state index < -0.39 is 0 Å². The maximum absolute atomic E-state index is 12.5. The van der Waals surface area contributed by atoms with Crippen LogP contribution in [0.4, 0.5) is 0 Å². The molecule has 6 heteroatoms. The zero-order chi connectivity index (χ0) is 16.4. The highest BCUT2D eigenvalue weighted by atomic mass is 79.9. The number of nitrogens with zero attached hydrogens (tertiary/aromatic N) is 2. The molecule has 0 aliphatic carbocycles. The molecule has 0 aliphatic rings. The van der Waals surface area contributed by atoms with E-state index in [1.165, 1.54) is 11.3 Å². The normalized spacial score (nSPS) is 12.0. The molecule has 1 heterocycles. The molecule has 1 aromatic heterocycles. The fourth-order valence-electron chi connectivity index (χ4n) is 2.35. The minimum Gasteiger partial charge on any atom is -0.317 e. The minimum absolute atomic E-state index is 0.200. The van der Waals surface area contributed by atoms with Gasteiger partial charge >= 0.3 is 0 Å². The van der Waals surface area contributed by atoms with Gasteiger partial charge in [-0.05, 0) is 49.6 Å². The van der Waals surface area contributed by atoms with Crippen molar-refractivity contribution in [2.75, 3.05) is 6.26 Å². The van der Waals surface area contributed by atoms with Crippen molar-refractivity contribution >= 4 is 55.2 Å². The van der Waals surface area contributed by atoms with E-state index in [1.54, 1.807) is 11.8 Å². The van der Waals surface area contributed by atoms with E-state index in [0.717, 1.165) is 30.9 Å². The van der Waals surface area contributed by atoms with E-state index in [2.05, 4.69) is 44.5 Å². The summed E-state index contributed by atoms with van der Waals surface area (Å²) in [5.74, 6) is -0.200. The molecule has 0 saturated heterocycles. The third kappa shape index (κ3) is 3.44. The summed E-state index contributed by atoms with van der Waals surface area (Å²) >= 11 is 6.64. The molecule has 3 nitrogen and oxygen atoms in total. The number of aryl methyl sites for hydroxylation is 1. The lowest BCUT2D eigenvalue weighted by atomic mass is 10.2. The number of carbonyl (C=O) groups is 1. The first-order valence-electron chi connectivity index (χ1n) is 7.14. The van der Waals surface area contributed by atoms with Gasteiger partial charge in [-0.25, -0.2) is 0 Å². The number of fused-ring (bicyclic) bond motifs is 1. The van der Waals surface area contributed by atoms with E-state index in [-0.39, 0.29) is 5.91 Å². The number of halogens is 1. The van der Waals surface area contributed by atoms with Gasteiger partial charge in [0.25, 0.3) is 5.91 Å². The first-order chi connectivity index (χ1) is 11.1. The van der Waals surface area contributed by atoms with E-state index in [9.17, 15) is 4.79 Å². The number of thioether (sulfide) groups is 1. The molecule has 0 atom stereocenters. The van der Waals surface area contributed by atoms with Crippen molar-refractivity contribution in [3.05, 3.63) is 57.3 Å². The van der Waals surface area contributed by atoms with Gasteiger partial charge in [0.05, 0.1) is 10.2 Å². The van der Waals surface area contributed by atoms with E-state index in [1.807, 2.05) is 36.6 Å². The largest absolute Gasteiger partial charge is 0.317 e. The highest BCUT2D eigenvalue weighted by Crippen LogP contribution is 2.22. The number of rotatable bonds is 3. The highest BCUT2D eigenvalue weighted by Gasteiger charge is 2.09. The number of carbonyl (C=O) groups excluding carboxylic acids is 1. The summed E-state index contributed by atoms with van der Waals surface area (Å²) in [7, 11) is 0. The van der Waals surface area contributed by atoms with Crippen LogP contribution >= 0.6 is 39.0 Å². The van der Waals surface area contributed by atoms with Crippen molar-refractivity contribution in [3.8, 4) is 0 Å². The SMILES string of the molecule is CCn1c(=NC(=O)c2cccc(SC)c2)sc2cc(Br)ccc21. The molecule has 0 fully saturated rings. The lowest BCUT2D eigenvalue weighted by Crippen LogP contribution is -2.15. The lowest BCUT2D eigenvalue weighted by molar-refractivity contribution is 0.0997. The number of thiazole rings is 1. The van der Waals surface area contributed by atoms with Gasteiger partial charge in [0.15, 0.2) is 4.80 Å². The molecule has 0 radical (unpaired) electrons. The average molecular weight is 407 g/mol. The van der Waals surface area contributed by atoms with Gasteiger partial charge in [0.2, 0.25) is 0 Å². The van der Waals surface area contributed by atoms with Crippen molar-refractivity contribution in [2.45, 2.75) is 18.4 Å². The number of benzene rings is 2. The molecule has 0 N–H and O–H groups in total. The smallest absolute Gasteiger partial charge is 0.279 e. The Bertz CT molecular complexity index is 943. The van der Waals surface area contributed by atoms with E-state index in [0.29, 0.717) is 5.56 Å². The molecule has 2 aromatic carbocycles. The second-order valence-electron chi connectivity index (χ2n) is 4.89. The van der Waals surface area contributed by atoms with Crippen LogP contribution in [0.5, 0.6) is 0 Å². The third-order valence-electron chi connectivity index (χ3n) is 3.47. The van der Waals surface area contributed by atoms with Crippen LogP contribution in [0.3, 0.4) is 0 Å². The fraction of sp³-hybridized carbons (Fsp3) is 0.176.